The first-order chi connectivity index (χ1) is 12.9. The molecule has 0 saturated carbocycles. The highest BCUT2D eigenvalue weighted by molar-refractivity contribution is 6.38. The molecule has 0 aromatic heterocycles. The SMILES string of the molecule is CCC(C)(C)C(=O)C(=O)N1CCC[C@H]1N(C=O)CCCCc1ccccc1. The molecule has 1 aliphatic rings. The summed E-state index contributed by atoms with van der Waals surface area (Å²) in [5.41, 5.74) is 0.631. The highest BCUT2D eigenvalue weighted by Crippen LogP contribution is 2.26. The van der Waals surface area contributed by atoms with Gasteiger partial charge in [-0.1, -0.05) is 51.1 Å². The van der Waals surface area contributed by atoms with Crippen LogP contribution in [0.3, 0.4) is 0 Å². The molecule has 0 spiro atoms. The molecule has 0 radical (unpaired) electrons. The zero-order valence-electron chi connectivity index (χ0n) is 16.8. The normalized spacial score (nSPS) is 17.0. The topological polar surface area (TPSA) is 57.7 Å². The molecule has 0 aliphatic carbocycles. The summed E-state index contributed by atoms with van der Waals surface area (Å²) >= 11 is 0. The number of carbonyl (C=O) groups is 3. The van der Waals surface area contributed by atoms with Crippen molar-refractivity contribution in [1.29, 1.82) is 0 Å². The van der Waals surface area contributed by atoms with Gasteiger partial charge in [0, 0.05) is 18.5 Å². The Morgan fingerprint density at radius 1 is 1.22 bits per heavy atom. The van der Waals surface area contributed by atoms with Crippen LogP contribution in [0.1, 0.15) is 58.4 Å². The molecule has 5 heteroatoms. The Labute approximate surface area is 162 Å². The minimum absolute atomic E-state index is 0.289. The molecular formula is C22H32N2O3. The van der Waals surface area contributed by atoms with Crippen LogP contribution >= 0.6 is 0 Å². The maximum atomic E-state index is 12.7. The lowest BCUT2D eigenvalue weighted by atomic mass is 9.84. The Hall–Kier alpha value is -2.17. The third-order valence-electron chi connectivity index (χ3n) is 5.67. The van der Waals surface area contributed by atoms with Gasteiger partial charge in [-0.05, 0) is 44.1 Å². The lowest BCUT2D eigenvalue weighted by molar-refractivity contribution is -0.152. The Kier molecular flexibility index (Phi) is 7.57. The maximum Gasteiger partial charge on any atom is 0.292 e. The molecule has 2 rings (SSSR count). The quantitative estimate of drug-likeness (QED) is 0.359. The highest BCUT2D eigenvalue weighted by Gasteiger charge is 2.40. The zero-order valence-corrected chi connectivity index (χ0v) is 16.8. The third kappa shape index (κ3) is 5.41. The van der Waals surface area contributed by atoms with E-state index in [0.29, 0.717) is 19.5 Å². The summed E-state index contributed by atoms with van der Waals surface area (Å²) in [5, 5.41) is 0. The Balaban J connectivity index is 1.91. The summed E-state index contributed by atoms with van der Waals surface area (Å²) in [5.74, 6) is -0.799. The molecule has 5 nitrogen and oxygen atoms in total. The Morgan fingerprint density at radius 2 is 1.93 bits per heavy atom. The van der Waals surface area contributed by atoms with Gasteiger partial charge in [0.15, 0.2) is 0 Å². The number of hydrogen-bond donors (Lipinski definition) is 0. The van der Waals surface area contributed by atoms with Crippen molar-refractivity contribution >= 4 is 18.1 Å². The van der Waals surface area contributed by atoms with E-state index in [2.05, 4.69) is 12.1 Å². The van der Waals surface area contributed by atoms with Crippen molar-refractivity contribution in [3.05, 3.63) is 35.9 Å². The fourth-order valence-electron chi connectivity index (χ4n) is 3.45. The van der Waals surface area contributed by atoms with Gasteiger partial charge in [0.05, 0.1) is 0 Å². The van der Waals surface area contributed by atoms with E-state index in [1.165, 1.54) is 5.56 Å². The van der Waals surface area contributed by atoms with Gasteiger partial charge in [-0.2, -0.15) is 0 Å². The average molecular weight is 373 g/mol. The molecule has 1 aliphatic heterocycles. The van der Waals surface area contributed by atoms with E-state index >= 15 is 0 Å². The first-order valence-corrected chi connectivity index (χ1v) is 10.0. The van der Waals surface area contributed by atoms with E-state index in [1.54, 1.807) is 23.6 Å². The maximum absolute atomic E-state index is 12.7. The average Bonchev–Trinajstić information content (AvgIpc) is 3.17. The number of hydrogen-bond acceptors (Lipinski definition) is 3. The first kappa shape index (κ1) is 21.1. The van der Waals surface area contributed by atoms with Crippen LogP contribution in [0.15, 0.2) is 30.3 Å². The largest absolute Gasteiger partial charge is 0.325 e. The molecule has 27 heavy (non-hydrogen) atoms. The summed E-state index contributed by atoms with van der Waals surface area (Å²) in [4.78, 5) is 40.2. The molecule has 2 amide bonds. The molecule has 1 atom stereocenters. The predicted octanol–water partition coefficient (Wildman–Crippen LogP) is 3.42. The standard InChI is InChI=1S/C22H32N2O3/c1-4-22(2,3)20(26)21(27)24-16-10-14-19(24)23(17-25)15-9-8-13-18-11-6-5-7-12-18/h5-7,11-12,17,19H,4,8-10,13-16H2,1-3H3/t19-/m0/s1. The van der Waals surface area contributed by atoms with E-state index in [0.717, 1.165) is 38.5 Å². The summed E-state index contributed by atoms with van der Waals surface area (Å²) in [7, 11) is 0. The van der Waals surface area contributed by atoms with E-state index in [4.69, 9.17) is 0 Å². The van der Waals surface area contributed by atoms with Crippen LogP contribution in [-0.4, -0.2) is 47.2 Å². The number of ketones is 1. The molecule has 0 bridgehead atoms. The second-order valence-electron chi connectivity index (χ2n) is 7.97. The third-order valence-corrected chi connectivity index (χ3v) is 5.67. The lowest BCUT2D eigenvalue weighted by Gasteiger charge is -2.34. The van der Waals surface area contributed by atoms with Gasteiger partial charge in [0.25, 0.3) is 5.91 Å². The fourth-order valence-corrected chi connectivity index (χ4v) is 3.45. The fraction of sp³-hybridized carbons (Fsp3) is 0.591. The molecule has 0 unspecified atom stereocenters. The van der Waals surface area contributed by atoms with E-state index in [-0.39, 0.29) is 11.9 Å². The van der Waals surface area contributed by atoms with Gasteiger partial charge < -0.3 is 9.80 Å². The van der Waals surface area contributed by atoms with E-state index in [9.17, 15) is 14.4 Å². The van der Waals surface area contributed by atoms with Gasteiger partial charge >= 0.3 is 0 Å². The van der Waals surface area contributed by atoms with Crippen LogP contribution < -0.4 is 0 Å². The number of Topliss-reactive ketones (excluding diaryl/α,β-unsaturated/α-hetero) is 1. The summed E-state index contributed by atoms with van der Waals surface area (Å²) in [6.45, 7) is 6.68. The molecular weight excluding hydrogens is 340 g/mol. The van der Waals surface area contributed by atoms with Crippen molar-refractivity contribution in [3.8, 4) is 0 Å². The Bertz CT molecular complexity index is 642. The molecule has 1 aromatic rings. The van der Waals surface area contributed by atoms with Gasteiger partial charge in [0.2, 0.25) is 12.2 Å². The summed E-state index contributed by atoms with van der Waals surface area (Å²) < 4.78 is 0. The van der Waals surface area contributed by atoms with Crippen molar-refractivity contribution in [2.75, 3.05) is 13.1 Å². The molecule has 1 aromatic carbocycles. The van der Waals surface area contributed by atoms with Crippen molar-refractivity contribution < 1.29 is 14.4 Å². The minimum Gasteiger partial charge on any atom is -0.325 e. The van der Waals surface area contributed by atoms with Gasteiger partial charge in [-0.25, -0.2) is 0 Å². The summed E-state index contributed by atoms with van der Waals surface area (Å²) in [6.07, 6.45) is 5.55. The van der Waals surface area contributed by atoms with Crippen LogP contribution in [0, 0.1) is 5.41 Å². The molecule has 1 fully saturated rings. The number of benzene rings is 1. The number of rotatable bonds is 10. The van der Waals surface area contributed by atoms with Crippen molar-refractivity contribution in [2.45, 2.75) is 65.5 Å². The predicted molar refractivity (Wildman–Crippen MR) is 106 cm³/mol. The van der Waals surface area contributed by atoms with Crippen LogP contribution in [-0.2, 0) is 20.8 Å². The van der Waals surface area contributed by atoms with Gasteiger partial charge in [-0.3, -0.25) is 14.4 Å². The molecule has 1 heterocycles. The summed E-state index contributed by atoms with van der Waals surface area (Å²) in [6, 6.07) is 10.3. The minimum atomic E-state index is -0.661. The number of likely N-dealkylation sites (tertiary alicyclic amines) is 1. The van der Waals surface area contributed by atoms with Crippen LogP contribution in [0.25, 0.3) is 0 Å². The number of unbranched alkanes of at least 4 members (excludes halogenated alkanes) is 1. The highest BCUT2D eigenvalue weighted by atomic mass is 16.2. The first-order valence-electron chi connectivity index (χ1n) is 10.0. The number of aryl methyl sites for hydroxylation is 1. The van der Waals surface area contributed by atoms with Gasteiger partial charge in [-0.15, -0.1) is 0 Å². The van der Waals surface area contributed by atoms with Crippen molar-refractivity contribution in [2.24, 2.45) is 5.41 Å². The molecule has 0 N–H and O–H groups in total. The van der Waals surface area contributed by atoms with Crippen molar-refractivity contribution in [3.63, 3.8) is 0 Å². The van der Waals surface area contributed by atoms with Gasteiger partial charge in [0.1, 0.15) is 6.17 Å². The van der Waals surface area contributed by atoms with Crippen LogP contribution in [0.2, 0.25) is 0 Å². The lowest BCUT2D eigenvalue weighted by Crippen LogP contribution is -2.51. The second kappa shape index (κ2) is 9.67. The van der Waals surface area contributed by atoms with E-state index in [1.807, 2.05) is 25.1 Å². The van der Waals surface area contributed by atoms with E-state index < -0.39 is 11.3 Å². The molecule has 1 saturated heterocycles. The monoisotopic (exact) mass is 372 g/mol. The van der Waals surface area contributed by atoms with Crippen LogP contribution in [0.4, 0.5) is 0 Å². The number of nitrogens with zero attached hydrogens (tertiary/aromatic N) is 2. The van der Waals surface area contributed by atoms with Crippen molar-refractivity contribution in [1.82, 2.24) is 9.80 Å². The zero-order chi connectivity index (χ0) is 19.9. The molecule has 148 valence electrons. The second-order valence-corrected chi connectivity index (χ2v) is 7.97. The number of amides is 2. The Morgan fingerprint density at radius 3 is 2.56 bits per heavy atom. The smallest absolute Gasteiger partial charge is 0.292 e. The van der Waals surface area contributed by atoms with Crippen LogP contribution in [0.5, 0.6) is 0 Å². The number of carbonyl (C=O) groups excluding carboxylic acids is 3.